The van der Waals surface area contributed by atoms with E-state index < -0.39 is 0 Å². The molecule has 8 bridgehead atoms. The number of nitrogens with zero attached hydrogens (tertiary/aromatic N) is 2. The van der Waals surface area contributed by atoms with Crippen LogP contribution in [0.3, 0.4) is 0 Å². The third kappa shape index (κ3) is 6.23. The molecule has 12 atom stereocenters. The Balaban J connectivity index is 0.00000387. The average molecular weight is 602 g/mol. The van der Waals surface area contributed by atoms with Crippen molar-refractivity contribution < 1.29 is 18.6 Å². The van der Waals surface area contributed by atoms with E-state index in [1.807, 2.05) is 0 Å². The Morgan fingerprint density at radius 1 is 0.439 bits per heavy atom. The van der Waals surface area contributed by atoms with Crippen molar-refractivity contribution in [2.45, 2.75) is 181 Å². The number of fused-ring (bicyclic) bond motifs is 8. The average Bonchev–Trinajstić information content (AvgIpc) is 3.67. The molecular formula is C36H62N4V. The second kappa shape index (κ2) is 14.8. The van der Waals surface area contributed by atoms with Gasteiger partial charge in [-0.15, -0.1) is 24.2 Å². The molecule has 5 heteroatoms. The predicted molar refractivity (Wildman–Crippen MR) is 172 cm³/mol. The molecule has 0 aromatic rings. The van der Waals surface area contributed by atoms with Gasteiger partial charge in [-0.2, -0.15) is 0 Å². The van der Waals surface area contributed by atoms with E-state index in [-0.39, 0.29) is 18.6 Å². The van der Waals surface area contributed by atoms with Gasteiger partial charge in [-0.1, -0.05) is 127 Å². The van der Waals surface area contributed by atoms with Crippen LogP contribution in [-0.2, 0) is 18.6 Å². The molecule has 41 heavy (non-hydrogen) atoms. The van der Waals surface area contributed by atoms with Crippen molar-refractivity contribution in [1.29, 1.82) is 0 Å². The molecule has 3 saturated heterocycles. The normalized spacial score (nSPS) is 42.7. The van der Waals surface area contributed by atoms with Crippen molar-refractivity contribution in [3.8, 4) is 0 Å². The van der Waals surface area contributed by atoms with E-state index in [1.54, 1.807) is 22.3 Å². The summed E-state index contributed by atoms with van der Waals surface area (Å²) < 4.78 is 0. The molecule has 231 valence electrons. The fourth-order valence-corrected chi connectivity index (χ4v) is 10.8. The van der Waals surface area contributed by atoms with Gasteiger partial charge in [-0.25, -0.2) is 0 Å². The minimum atomic E-state index is 0. The Morgan fingerprint density at radius 3 is 0.829 bits per heavy atom. The van der Waals surface area contributed by atoms with E-state index in [1.165, 1.54) is 77.0 Å². The number of hydrogen-bond donors (Lipinski definition) is 2. The van der Waals surface area contributed by atoms with Crippen LogP contribution in [0.2, 0.25) is 0 Å². The van der Waals surface area contributed by atoms with Crippen LogP contribution in [0.25, 0.3) is 10.6 Å². The third-order valence-electron chi connectivity index (χ3n) is 12.5. The van der Waals surface area contributed by atoms with Crippen molar-refractivity contribution in [1.82, 2.24) is 10.6 Å². The molecule has 0 aliphatic carbocycles. The largest absolute Gasteiger partial charge is 2.00 e. The van der Waals surface area contributed by atoms with Crippen LogP contribution in [0.4, 0.5) is 0 Å². The maximum atomic E-state index is 5.74. The first-order chi connectivity index (χ1) is 19.5. The molecular weight excluding hydrogens is 539 g/mol. The van der Waals surface area contributed by atoms with Crippen LogP contribution in [0.5, 0.6) is 0 Å². The number of nitrogens with one attached hydrogen (secondary N) is 2. The van der Waals surface area contributed by atoms with Gasteiger partial charge in [-0.05, 0) is 51.4 Å². The van der Waals surface area contributed by atoms with Gasteiger partial charge in [0.15, 0.2) is 0 Å². The molecule has 5 heterocycles. The van der Waals surface area contributed by atoms with E-state index in [4.69, 9.17) is 10.6 Å². The van der Waals surface area contributed by atoms with E-state index in [0.29, 0.717) is 48.3 Å². The van der Waals surface area contributed by atoms with Crippen LogP contribution in [-0.4, -0.2) is 48.3 Å². The third-order valence-corrected chi connectivity index (χ3v) is 12.5. The van der Waals surface area contributed by atoms with Crippen LogP contribution < -0.4 is 10.6 Å². The second-order valence-electron chi connectivity index (χ2n) is 13.9. The standard InChI is InChI=1S/C36H62N4.V/c1-9-21-22(10-2)30-18-32-25(13-5)26(14-6)34(39-32)20-36-28(16-8)27(15-7)35(40-36)19-33-24(12-4)23(11-3)31(38-33)17-29(21)37-30;/h21-22,27-36,38-39H,9-20H2,1-8H3;/q-2;+2. The van der Waals surface area contributed by atoms with Gasteiger partial charge in [-0.3, -0.25) is 0 Å². The molecule has 0 amide bonds. The molecule has 12 unspecified atom stereocenters. The summed E-state index contributed by atoms with van der Waals surface area (Å²) >= 11 is 0. The number of rotatable bonds is 8. The zero-order valence-corrected chi connectivity index (χ0v) is 29.2. The predicted octanol–water partition coefficient (Wildman–Crippen LogP) is 8.83. The Hall–Kier alpha value is -0.0956. The molecule has 3 fully saturated rings. The smallest absolute Gasteiger partial charge is 0.656 e. The molecule has 4 nitrogen and oxygen atoms in total. The zero-order valence-electron chi connectivity index (χ0n) is 27.8. The molecule has 2 N–H and O–H groups in total. The maximum Gasteiger partial charge on any atom is 2.00 e. The number of hydrogen-bond acceptors (Lipinski definition) is 2. The summed E-state index contributed by atoms with van der Waals surface area (Å²) in [4.78, 5) is 0. The summed E-state index contributed by atoms with van der Waals surface area (Å²) in [6, 6.07) is 3.99. The van der Waals surface area contributed by atoms with Gasteiger partial charge < -0.3 is 21.3 Å². The maximum absolute atomic E-state index is 5.74. The Labute approximate surface area is 265 Å². The minimum absolute atomic E-state index is 0. The van der Waals surface area contributed by atoms with Crippen molar-refractivity contribution in [3.05, 3.63) is 32.9 Å². The topological polar surface area (TPSA) is 52.3 Å². The molecule has 0 aromatic heterocycles. The summed E-state index contributed by atoms with van der Waals surface area (Å²) in [6.45, 7) is 19.3. The van der Waals surface area contributed by atoms with E-state index in [9.17, 15) is 0 Å². The molecule has 5 rings (SSSR count). The minimum Gasteiger partial charge on any atom is -0.656 e. The first-order valence-electron chi connectivity index (χ1n) is 17.8. The Kier molecular flexibility index (Phi) is 12.2. The summed E-state index contributed by atoms with van der Waals surface area (Å²) in [5.41, 5.74) is 6.88. The Bertz CT molecular complexity index is 787. The summed E-state index contributed by atoms with van der Waals surface area (Å²) in [5.74, 6) is 2.92. The fraction of sp³-hybridized carbons (Fsp3) is 0.889. The van der Waals surface area contributed by atoms with Gasteiger partial charge in [0.05, 0.1) is 0 Å². The molecule has 0 aromatic carbocycles. The quantitative estimate of drug-likeness (QED) is 0.273. The van der Waals surface area contributed by atoms with Crippen molar-refractivity contribution in [2.75, 3.05) is 0 Å². The van der Waals surface area contributed by atoms with Gasteiger partial charge in [0.2, 0.25) is 0 Å². The van der Waals surface area contributed by atoms with Gasteiger partial charge in [0.1, 0.15) is 0 Å². The van der Waals surface area contributed by atoms with Crippen molar-refractivity contribution in [3.63, 3.8) is 0 Å². The van der Waals surface area contributed by atoms with Crippen LogP contribution in [0, 0.1) is 23.7 Å². The van der Waals surface area contributed by atoms with Gasteiger partial charge in [0, 0.05) is 24.2 Å². The summed E-state index contributed by atoms with van der Waals surface area (Å²) in [7, 11) is 0. The van der Waals surface area contributed by atoms with E-state index in [2.05, 4.69) is 66.0 Å². The van der Waals surface area contributed by atoms with Crippen LogP contribution in [0.1, 0.15) is 132 Å². The molecule has 0 spiro atoms. The van der Waals surface area contributed by atoms with Gasteiger partial charge in [0.25, 0.3) is 0 Å². The molecule has 5 aliphatic heterocycles. The van der Waals surface area contributed by atoms with Gasteiger partial charge >= 0.3 is 18.6 Å². The first kappa shape index (κ1) is 33.8. The zero-order chi connectivity index (χ0) is 28.6. The van der Waals surface area contributed by atoms with E-state index in [0.717, 1.165) is 23.7 Å². The fourth-order valence-electron chi connectivity index (χ4n) is 10.8. The van der Waals surface area contributed by atoms with E-state index >= 15 is 0 Å². The van der Waals surface area contributed by atoms with Crippen molar-refractivity contribution >= 4 is 0 Å². The first-order valence-corrected chi connectivity index (χ1v) is 17.8. The SMILES string of the molecule is CCC1=C(CC)C2CC3[N-]C(CC4NC(CC5[N-]C(CC1N2)C(CC)C5CC)C(CC)=C4CC)C(CC)C3CC.[V+2]. The van der Waals surface area contributed by atoms with Crippen molar-refractivity contribution in [2.24, 2.45) is 23.7 Å². The summed E-state index contributed by atoms with van der Waals surface area (Å²) in [6.07, 6.45) is 14.6. The monoisotopic (exact) mass is 601 g/mol. The van der Waals surface area contributed by atoms with Crippen LogP contribution in [0.15, 0.2) is 22.3 Å². The Morgan fingerprint density at radius 2 is 0.659 bits per heavy atom. The molecule has 5 aliphatic rings. The molecule has 0 saturated carbocycles. The molecule has 1 radical (unpaired) electrons. The van der Waals surface area contributed by atoms with Crippen LogP contribution >= 0.6 is 0 Å². The second-order valence-corrected chi connectivity index (χ2v) is 13.9. The summed E-state index contributed by atoms with van der Waals surface area (Å²) in [5, 5.41) is 20.0.